The Labute approximate surface area is 174 Å². The molecule has 2 fully saturated rings. The van der Waals surface area contributed by atoms with Crippen molar-refractivity contribution in [1.82, 2.24) is 9.88 Å². The summed E-state index contributed by atoms with van der Waals surface area (Å²) < 4.78 is 14.6. The highest BCUT2D eigenvalue weighted by molar-refractivity contribution is 7.13. The minimum absolute atomic E-state index is 0.246. The van der Waals surface area contributed by atoms with Crippen LogP contribution in [0.5, 0.6) is 0 Å². The number of thiazole rings is 1. The molecule has 0 spiro atoms. The molecular formula is C20H27FN6OS. The van der Waals surface area contributed by atoms with Crippen LogP contribution in [0.25, 0.3) is 0 Å². The van der Waals surface area contributed by atoms with Gasteiger partial charge in [-0.25, -0.2) is 14.4 Å². The molecule has 7 nitrogen and oxygen atoms in total. The number of nitrogens with two attached hydrogens (primary N) is 1. The van der Waals surface area contributed by atoms with Crippen LogP contribution in [0.2, 0.25) is 0 Å². The average molecular weight is 419 g/mol. The highest BCUT2D eigenvalue weighted by atomic mass is 32.1. The third-order valence-corrected chi connectivity index (χ3v) is 6.37. The van der Waals surface area contributed by atoms with Gasteiger partial charge in [-0.3, -0.25) is 0 Å². The lowest BCUT2D eigenvalue weighted by Gasteiger charge is -2.35. The Hall–Kier alpha value is -2.39. The Balaban J connectivity index is 1.32. The van der Waals surface area contributed by atoms with Crippen LogP contribution < -0.4 is 15.5 Å². The molecule has 0 aliphatic carbocycles. The van der Waals surface area contributed by atoms with Gasteiger partial charge in [-0.2, -0.15) is 0 Å². The largest absolute Gasteiger partial charge is 0.393 e. The number of guanidine groups is 1. The summed E-state index contributed by atoms with van der Waals surface area (Å²) in [4.78, 5) is 15.1. The Morgan fingerprint density at radius 1 is 1.17 bits per heavy atom. The summed E-state index contributed by atoms with van der Waals surface area (Å²) >= 11 is 1.64. The van der Waals surface area contributed by atoms with E-state index in [0.717, 1.165) is 36.9 Å². The van der Waals surface area contributed by atoms with Gasteiger partial charge in [-0.1, -0.05) is 6.07 Å². The van der Waals surface area contributed by atoms with Gasteiger partial charge in [0.25, 0.3) is 0 Å². The Morgan fingerprint density at radius 2 is 1.93 bits per heavy atom. The summed E-state index contributed by atoms with van der Waals surface area (Å²) in [5.41, 5.74) is 7.57. The van der Waals surface area contributed by atoms with Crippen LogP contribution in [-0.2, 0) is 6.54 Å². The van der Waals surface area contributed by atoms with E-state index < -0.39 is 0 Å². The Bertz CT molecular complexity index is 830. The molecule has 0 bridgehead atoms. The van der Waals surface area contributed by atoms with E-state index in [9.17, 15) is 9.50 Å². The number of hydrogen-bond donors (Lipinski definition) is 2. The lowest BCUT2D eigenvalue weighted by atomic mass is 10.1. The highest BCUT2D eigenvalue weighted by Gasteiger charge is 2.21. The van der Waals surface area contributed by atoms with Gasteiger partial charge in [0.2, 0.25) is 0 Å². The average Bonchev–Trinajstić information content (AvgIpc) is 3.28. The normalized spacial score (nSPS) is 19.1. The van der Waals surface area contributed by atoms with Gasteiger partial charge >= 0.3 is 0 Å². The zero-order valence-electron chi connectivity index (χ0n) is 16.4. The lowest BCUT2D eigenvalue weighted by Crippen LogP contribution is -2.51. The molecule has 2 saturated heterocycles. The van der Waals surface area contributed by atoms with Gasteiger partial charge in [0.05, 0.1) is 18.3 Å². The summed E-state index contributed by atoms with van der Waals surface area (Å²) in [6.07, 6.45) is 2.91. The van der Waals surface area contributed by atoms with Crippen molar-refractivity contribution in [3.05, 3.63) is 41.2 Å². The molecule has 1 aromatic carbocycles. The lowest BCUT2D eigenvalue weighted by molar-refractivity contribution is 0.145. The van der Waals surface area contributed by atoms with E-state index in [4.69, 9.17) is 5.73 Å². The molecule has 0 atom stereocenters. The van der Waals surface area contributed by atoms with E-state index in [1.165, 1.54) is 6.07 Å². The number of hydrogen-bond acceptors (Lipinski definition) is 6. The molecule has 9 heteroatoms. The van der Waals surface area contributed by atoms with E-state index in [1.54, 1.807) is 17.4 Å². The second kappa shape index (κ2) is 8.96. The number of nitrogens with zero attached hydrogens (tertiary/aromatic N) is 5. The molecule has 0 radical (unpaired) electrons. The second-order valence-corrected chi connectivity index (χ2v) is 8.34. The molecule has 2 aromatic rings. The number of halogens is 1. The highest BCUT2D eigenvalue weighted by Crippen LogP contribution is 2.24. The fraction of sp³-hybridized carbons (Fsp3) is 0.500. The molecule has 2 aliphatic heterocycles. The minimum Gasteiger partial charge on any atom is -0.393 e. The number of aliphatic hydroxyl groups excluding tert-OH is 1. The molecule has 29 heavy (non-hydrogen) atoms. The summed E-state index contributed by atoms with van der Waals surface area (Å²) in [5, 5.41) is 12.6. The van der Waals surface area contributed by atoms with Crippen LogP contribution in [0.4, 0.5) is 15.2 Å². The maximum absolute atomic E-state index is 14.6. The number of benzene rings is 1. The quantitative estimate of drug-likeness (QED) is 0.583. The third kappa shape index (κ3) is 4.79. The van der Waals surface area contributed by atoms with Gasteiger partial charge in [-0.15, -0.1) is 11.3 Å². The van der Waals surface area contributed by atoms with Crippen molar-refractivity contribution in [2.24, 2.45) is 10.7 Å². The predicted octanol–water partition coefficient (Wildman–Crippen LogP) is 1.88. The van der Waals surface area contributed by atoms with E-state index in [0.29, 0.717) is 44.1 Å². The van der Waals surface area contributed by atoms with Crippen molar-refractivity contribution >= 4 is 28.1 Å². The standard InChI is InChI=1S/C20H27FN6OS/c21-17-13-15(1-2-18(17)25-6-3-16(28)4-7-25)14-24-19(22)26-8-10-27(11-9-26)20-23-5-12-29-20/h1-2,5,12-13,16,28H,3-4,6-11,14H2,(H2,22,24). The number of aliphatic hydroxyl groups is 1. The molecule has 3 heterocycles. The smallest absolute Gasteiger partial charge is 0.191 e. The van der Waals surface area contributed by atoms with Gasteiger partial charge in [0.15, 0.2) is 11.1 Å². The zero-order valence-corrected chi connectivity index (χ0v) is 17.2. The van der Waals surface area contributed by atoms with Crippen molar-refractivity contribution in [1.29, 1.82) is 0 Å². The molecule has 0 amide bonds. The van der Waals surface area contributed by atoms with E-state index >= 15 is 0 Å². The maximum atomic E-state index is 14.6. The van der Waals surface area contributed by atoms with Crippen molar-refractivity contribution < 1.29 is 9.50 Å². The first-order valence-corrected chi connectivity index (χ1v) is 10.9. The van der Waals surface area contributed by atoms with Crippen molar-refractivity contribution in [2.75, 3.05) is 49.1 Å². The summed E-state index contributed by atoms with van der Waals surface area (Å²) in [7, 11) is 0. The van der Waals surface area contributed by atoms with Gasteiger partial charge in [0, 0.05) is 50.8 Å². The second-order valence-electron chi connectivity index (χ2n) is 7.47. The van der Waals surface area contributed by atoms with Gasteiger partial charge in [0.1, 0.15) is 5.82 Å². The van der Waals surface area contributed by atoms with Gasteiger partial charge in [-0.05, 0) is 30.5 Å². The third-order valence-electron chi connectivity index (χ3n) is 5.53. The van der Waals surface area contributed by atoms with Crippen LogP contribution in [0.3, 0.4) is 0 Å². The molecule has 3 N–H and O–H groups in total. The Morgan fingerprint density at radius 3 is 2.59 bits per heavy atom. The molecule has 0 saturated carbocycles. The summed E-state index contributed by atoms with van der Waals surface area (Å²) in [5.74, 6) is 0.253. The first-order chi connectivity index (χ1) is 14.1. The van der Waals surface area contributed by atoms with Crippen molar-refractivity contribution in [3.63, 3.8) is 0 Å². The Kier molecular flexibility index (Phi) is 6.15. The predicted molar refractivity (Wildman–Crippen MR) is 115 cm³/mol. The number of anilines is 2. The molecular weight excluding hydrogens is 391 g/mol. The molecule has 156 valence electrons. The number of rotatable bonds is 4. The molecule has 2 aliphatic rings. The monoisotopic (exact) mass is 418 g/mol. The number of piperidine rings is 1. The number of aromatic nitrogens is 1. The van der Waals surface area contributed by atoms with Gasteiger partial charge < -0.3 is 25.5 Å². The van der Waals surface area contributed by atoms with Crippen LogP contribution in [0.1, 0.15) is 18.4 Å². The topological polar surface area (TPSA) is 81.2 Å². The van der Waals surface area contributed by atoms with Crippen LogP contribution >= 0.6 is 11.3 Å². The van der Waals surface area contributed by atoms with Crippen molar-refractivity contribution in [2.45, 2.75) is 25.5 Å². The van der Waals surface area contributed by atoms with E-state index in [-0.39, 0.29) is 11.9 Å². The fourth-order valence-electron chi connectivity index (χ4n) is 3.78. The van der Waals surface area contributed by atoms with E-state index in [2.05, 4.69) is 19.8 Å². The van der Waals surface area contributed by atoms with Crippen LogP contribution in [0.15, 0.2) is 34.8 Å². The number of aliphatic imine (C=N–C) groups is 1. The number of piperazine rings is 1. The fourth-order valence-corrected chi connectivity index (χ4v) is 4.48. The SMILES string of the molecule is NC(=NCc1ccc(N2CCC(O)CC2)c(F)c1)N1CCN(c2nccs2)CC1. The molecule has 4 rings (SSSR count). The van der Waals surface area contributed by atoms with Crippen molar-refractivity contribution in [3.8, 4) is 0 Å². The first-order valence-electron chi connectivity index (χ1n) is 10.0. The van der Waals surface area contributed by atoms with E-state index in [1.807, 2.05) is 22.5 Å². The summed E-state index contributed by atoms with van der Waals surface area (Å²) in [6.45, 7) is 5.01. The van der Waals surface area contributed by atoms with Crippen LogP contribution in [0, 0.1) is 5.82 Å². The maximum Gasteiger partial charge on any atom is 0.191 e. The molecule has 0 unspecified atom stereocenters. The van der Waals surface area contributed by atoms with Crippen LogP contribution in [-0.4, -0.2) is 66.3 Å². The molecule has 1 aromatic heterocycles. The first kappa shape index (κ1) is 19.9. The zero-order chi connectivity index (χ0) is 20.2. The summed E-state index contributed by atoms with van der Waals surface area (Å²) in [6, 6.07) is 5.25. The minimum atomic E-state index is -0.269.